The minimum atomic E-state index is -2.31. The number of esters is 1. The second-order valence-electron chi connectivity index (χ2n) is 4.45. The lowest BCUT2D eigenvalue weighted by Gasteiger charge is -2.25. The normalized spacial score (nSPS) is 12.6. The van der Waals surface area contributed by atoms with Crippen molar-refractivity contribution in [1.29, 1.82) is 0 Å². The predicted molar refractivity (Wildman–Crippen MR) is 83.5 cm³/mol. The highest BCUT2D eigenvalue weighted by molar-refractivity contribution is 7.38. The minimum absolute atomic E-state index is 0.0461. The number of carboxylic acid groups (broad SMARTS) is 1. The molecule has 0 fully saturated rings. The molecule has 0 aromatic heterocycles. The van der Waals surface area contributed by atoms with Crippen LogP contribution in [-0.2, 0) is 32.9 Å². The zero-order valence-corrected chi connectivity index (χ0v) is 15.2. The summed E-state index contributed by atoms with van der Waals surface area (Å²) in [6, 6.07) is -1.67. The van der Waals surface area contributed by atoms with Gasteiger partial charge in [-0.15, -0.1) is 0 Å². The van der Waals surface area contributed by atoms with Gasteiger partial charge < -0.3 is 23.8 Å². The third-order valence-electron chi connectivity index (χ3n) is 2.65. The third-order valence-corrected chi connectivity index (χ3v) is 3.26. The minimum Gasteiger partial charge on any atom is -0.480 e. The summed E-state index contributed by atoms with van der Waals surface area (Å²) in [6.07, 6.45) is -2.89. The van der Waals surface area contributed by atoms with E-state index in [0.29, 0.717) is 0 Å². The number of carbonyl (C=O) groups is 4. The van der Waals surface area contributed by atoms with Crippen LogP contribution in [0.4, 0.5) is 9.59 Å². The smallest absolute Gasteiger partial charge is 0.423 e. The topological polar surface area (TPSA) is 146 Å². The molecule has 0 saturated carbocycles. The average molecular weight is 383 g/mol. The first kappa shape index (κ1) is 22.9. The number of rotatable bonds is 10. The first-order valence-corrected chi connectivity index (χ1v) is 9.20. The van der Waals surface area contributed by atoms with E-state index in [1.807, 2.05) is 0 Å². The van der Waals surface area contributed by atoms with E-state index in [2.05, 4.69) is 14.2 Å². The van der Waals surface area contributed by atoms with Crippen LogP contribution in [0.15, 0.2) is 0 Å². The standard InChI is InChI=1S/C13H22NO10P/c1-4-10(15)22-8-23-13(19)14(12(18)21-5-2)9(11(16)17)6-7-24-25(3)20/h9,25H,4-8H2,1-3H3,(H,16,17). The van der Waals surface area contributed by atoms with Gasteiger partial charge in [-0.25, -0.2) is 14.4 Å². The second kappa shape index (κ2) is 12.3. The number of nitrogens with zero attached hydrogens (tertiary/aromatic N) is 1. The Balaban J connectivity index is 5.09. The molecule has 0 rings (SSSR count). The number of hydrogen-bond acceptors (Lipinski definition) is 9. The van der Waals surface area contributed by atoms with Crippen LogP contribution in [0.5, 0.6) is 0 Å². The maximum Gasteiger partial charge on any atom is 0.423 e. The highest BCUT2D eigenvalue weighted by Crippen LogP contribution is 2.18. The van der Waals surface area contributed by atoms with Crippen molar-refractivity contribution in [2.75, 3.05) is 26.7 Å². The summed E-state index contributed by atoms with van der Waals surface area (Å²) in [5.41, 5.74) is 0. The Morgan fingerprint density at radius 3 is 2.16 bits per heavy atom. The predicted octanol–water partition coefficient (Wildman–Crippen LogP) is 1.46. The summed E-state index contributed by atoms with van der Waals surface area (Å²) in [7, 11) is -2.31. The van der Waals surface area contributed by atoms with Crippen LogP contribution in [-0.4, -0.2) is 66.8 Å². The number of aliphatic carboxylic acids is 1. The van der Waals surface area contributed by atoms with Crippen molar-refractivity contribution in [2.45, 2.75) is 32.7 Å². The third kappa shape index (κ3) is 9.06. The average Bonchev–Trinajstić information content (AvgIpc) is 2.53. The van der Waals surface area contributed by atoms with Crippen molar-refractivity contribution in [3.63, 3.8) is 0 Å². The highest BCUT2D eigenvalue weighted by atomic mass is 31.1. The van der Waals surface area contributed by atoms with Gasteiger partial charge >= 0.3 is 24.1 Å². The fourth-order valence-electron chi connectivity index (χ4n) is 1.52. The molecular formula is C13H22NO10P. The Morgan fingerprint density at radius 1 is 1.08 bits per heavy atom. The van der Waals surface area contributed by atoms with Crippen molar-refractivity contribution in [3.05, 3.63) is 0 Å². The van der Waals surface area contributed by atoms with Gasteiger partial charge in [-0.1, -0.05) is 6.92 Å². The molecule has 0 aliphatic carbocycles. The van der Waals surface area contributed by atoms with E-state index in [4.69, 9.17) is 4.52 Å². The first-order chi connectivity index (χ1) is 11.7. The van der Waals surface area contributed by atoms with Gasteiger partial charge in [0.2, 0.25) is 6.79 Å². The van der Waals surface area contributed by atoms with Crippen molar-refractivity contribution >= 4 is 32.2 Å². The summed E-state index contributed by atoms with van der Waals surface area (Å²) in [4.78, 5) is 46.6. The number of hydrogen-bond donors (Lipinski definition) is 1. The molecule has 0 bridgehead atoms. The van der Waals surface area contributed by atoms with E-state index < -0.39 is 45.0 Å². The number of amides is 2. The SMILES string of the molecule is CCOC(=O)N(C(=O)OCOC(=O)CC)C(CCO[PH](C)=O)C(=O)O. The van der Waals surface area contributed by atoms with Gasteiger partial charge in [-0.2, -0.15) is 4.90 Å². The lowest BCUT2D eigenvalue weighted by atomic mass is 10.2. The molecule has 2 unspecified atom stereocenters. The molecular weight excluding hydrogens is 361 g/mol. The molecule has 2 amide bonds. The monoisotopic (exact) mass is 383 g/mol. The largest absolute Gasteiger partial charge is 0.480 e. The quantitative estimate of drug-likeness (QED) is 0.334. The molecule has 144 valence electrons. The molecule has 1 N–H and O–H groups in total. The fraction of sp³-hybridized carbons (Fsp3) is 0.692. The molecule has 0 aliphatic rings. The summed E-state index contributed by atoms with van der Waals surface area (Å²) < 4.78 is 29.5. The summed E-state index contributed by atoms with van der Waals surface area (Å²) in [6.45, 7) is 3.13. The molecule has 0 spiro atoms. The highest BCUT2D eigenvalue weighted by Gasteiger charge is 2.37. The molecule has 12 heteroatoms. The molecule has 0 aliphatic heterocycles. The van der Waals surface area contributed by atoms with Crippen LogP contribution in [0.2, 0.25) is 0 Å². The number of ether oxygens (including phenoxy) is 3. The summed E-state index contributed by atoms with van der Waals surface area (Å²) in [5.74, 6) is -2.17. The second-order valence-corrected chi connectivity index (χ2v) is 5.72. The van der Waals surface area contributed by atoms with E-state index in [9.17, 15) is 28.8 Å². The van der Waals surface area contributed by atoms with E-state index in [-0.39, 0.29) is 31.0 Å². The van der Waals surface area contributed by atoms with Crippen LogP contribution in [0.1, 0.15) is 26.7 Å². The van der Waals surface area contributed by atoms with Gasteiger partial charge in [0.15, 0.2) is 8.03 Å². The van der Waals surface area contributed by atoms with Crippen molar-refractivity contribution in [3.8, 4) is 0 Å². The molecule has 0 radical (unpaired) electrons. The number of carboxylic acids is 1. The molecule has 25 heavy (non-hydrogen) atoms. The van der Waals surface area contributed by atoms with E-state index in [0.717, 1.165) is 0 Å². The van der Waals surface area contributed by atoms with E-state index in [1.165, 1.54) is 20.5 Å². The Bertz CT molecular complexity index is 509. The Labute approximate surface area is 145 Å². The molecule has 0 saturated heterocycles. The van der Waals surface area contributed by atoms with Crippen LogP contribution in [0.3, 0.4) is 0 Å². The molecule has 0 aromatic rings. The summed E-state index contributed by atoms with van der Waals surface area (Å²) in [5, 5.41) is 9.26. The van der Waals surface area contributed by atoms with Gasteiger partial charge in [0.25, 0.3) is 0 Å². The maximum atomic E-state index is 12.0. The van der Waals surface area contributed by atoms with E-state index in [1.54, 1.807) is 0 Å². The Kier molecular flexibility index (Phi) is 11.2. The lowest BCUT2D eigenvalue weighted by Crippen LogP contribution is -2.49. The van der Waals surface area contributed by atoms with Crippen LogP contribution in [0.25, 0.3) is 0 Å². The van der Waals surface area contributed by atoms with Crippen molar-refractivity contribution in [1.82, 2.24) is 4.90 Å². The first-order valence-electron chi connectivity index (χ1n) is 7.39. The molecule has 2 atom stereocenters. The Hall–Kier alpha value is -2.13. The number of carbonyl (C=O) groups excluding carboxylic acids is 3. The van der Waals surface area contributed by atoms with Gasteiger partial charge in [-0.3, -0.25) is 9.36 Å². The molecule has 0 heterocycles. The van der Waals surface area contributed by atoms with Crippen LogP contribution < -0.4 is 0 Å². The molecule has 0 aromatic carbocycles. The summed E-state index contributed by atoms with van der Waals surface area (Å²) >= 11 is 0. The van der Waals surface area contributed by atoms with Crippen molar-refractivity contribution in [2.24, 2.45) is 0 Å². The zero-order valence-electron chi connectivity index (χ0n) is 14.2. The van der Waals surface area contributed by atoms with Crippen LogP contribution in [0, 0.1) is 0 Å². The zero-order chi connectivity index (χ0) is 19.4. The van der Waals surface area contributed by atoms with Gasteiger partial charge in [-0.05, 0) is 6.92 Å². The van der Waals surface area contributed by atoms with Gasteiger partial charge in [0.05, 0.1) is 13.2 Å². The lowest BCUT2D eigenvalue weighted by molar-refractivity contribution is -0.153. The van der Waals surface area contributed by atoms with Gasteiger partial charge in [0.1, 0.15) is 6.04 Å². The molecule has 11 nitrogen and oxygen atoms in total. The van der Waals surface area contributed by atoms with Crippen LogP contribution >= 0.6 is 8.03 Å². The number of imide groups is 1. The Morgan fingerprint density at radius 2 is 1.68 bits per heavy atom. The maximum absolute atomic E-state index is 12.0. The fourth-order valence-corrected chi connectivity index (χ4v) is 1.92. The van der Waals surface area contributed by atoms with E-state index >= 15 is 0 Å². The van der Waals surface area contributed by atoms with Gasteiger partial charge in [0, 0.05) is 19.5 Å². The van der Waals surface area contributed by atoms with Crippen molar-refractivity contribution < 1.29 is 47.6 Å².